The Morgan fingerprint density at radius 2 is 2.00 bits per heavy atom. The number of benzene rings is 1. The first-order chi connectivity index (χ1) is 8.43. The summed E-state index contributed by atoms with van der Waals surface area (Å²) in [5, 5.41) is 0. The lowest BCUT2D eigenvalue weighted by molar-refractivity contribution is 0.379. The van der Waals surface area contributed by atoms with Crippen LogP contribution < -0.4 is 10.5 Å². The van der Waals surface area contributed by atoms with Crippen molar-refractivity contribution in [3.63, 3.8) is 0 Å². The predicted molar refractivity (Wildman–Crippen MR) is 81.2 cm³/mol. The maximum atomic E-state index is 6.44. The van der Waals surface area contributed by atoms with Crippen LogP contribution in [0.4, 0.5) is 0 Å². The van der Waals surface area contributed by atoms with Crippen LogP contribution in [0.3, 0.4) is 0 Å². The third-order valence-corrected chi connectivity index (χ3v) is 4.43. The Bertz CT molecular complexity index is 417. The molecule has 0 bridgehead atoms. The van der Waals surface area contributed by atoms with Crippen LogP contribution in [-0.4, -0.2) is 7.11 Å². The number of rotatable bonds is 5. The molecule has 0 saturated carbocycles. The normalized spacial score (nSPS) is 14.4. The van der Waals surface area contributed by atoms with Gasteiger partial charge in [-0.25, -0.2) is 0 Å². The molecule has 3 heteroatoms. The average Bonchev–Trinajstić information content (AvgIpc) is 2.32. The molecule has 0 radical (unpaired) electrons. The van der Waals surface area contributed by atoms with E-state index in [1.54, 1.807) is 7.11 Å². The Kier molecular flexibility index (Phi) is 5.67. The van der Waals surface area contributed by atoms with Crippen LogP contribution in [0.25, 0.3) is 0 Å². The highest BCUT2D eigenvalue weighted by molar-refractivity contribution is 9.10. The van der Waals surface area contributed by atoms with E-state index >= 15 is 0 Å². The summed E-state index contributed by atoms with van der Waals surface area (Å²) in [6.45, 7) is 8.56. The first-order valence-corrected chi connectivity index (χ1v) is 7.32. The molecule has 1 rings (SSSR count). The lowest BCUT2D eigenvalue weighted by Crippen LogP contribution is -2.21. The van der Waals surface area contributed by atoms with Gasteiger partial charge in [0.2, 0.25) is 0 Å². The van der Waals surface area contributed by atoms with Gasteiger partial charge in [0.25, 0.3) is 0 Å². The Hall–Kier alpha value is -0.540. The molecule has 102 valence electrons. The monoisotopic (exact) mass is 313 g/mol. The van der Waals surface area contributed by atoms with Gasteiger partial charge in [-0.3, -0.25) is 0 Å². The molecular formula is C15H24BrNO. The van der Waals surface area contributed by atoms with Crippen LogP contribution in [-0.2, 0) is 0 Å². The molecule has 0 saturated heterocycles. The van der Waals surface area contributed by atoms with Crippen molar-refractivity contribution in [2.24, 2.45) is 11.7 Å². The molecule has 1 aromatic carbocycles. The molecule has 2 N–H and O–H groups in total. The summed E-state index contributed by atoms with van der Waals surface area (Å²) in [5.41, 5.74) is 9.90. The number of hydrogen-bond acceptors (Lipinski definition) is 2. The predicted octanol–water partition coefficient (Wildman–Crippen LogP) is 4.51. The van der Waals surface area contributed by atoms with E-state index in [1.165, 1.54) is 5.56 Å². The van der Waals surface area contributed by atoms with Crippen molar-refractivity contribution in [2.75, 3.05) is 7.11 Å². The van der Waals surface area contributed by atoms with E-state index in [-0.39, 0.29) is 6.04 Å². The van der Waals surface area contributed by atoms with Crippen molar-refractivity contribution in [3.8, 4) is 5.75 Å². The SMILES string of the molecule is CCCC(C)C(N)c1c(C)c(Br)cc(C)c1OC. The zero-order chi connectivity index (χ0) is 13.9. The Labute approximate surface area is 119 Å². The Morgan fingerprint density at radius 3 is 2.50 bits per heavy atom. The number of methoxy groups -OCH3 is 1. The summed E-state index contributed by atoms with van der Waals surface area (Å²) in [6.07, 6.45) is 2.29. The summed E-state index contributed by atoms with van der Waals surface area (Å²) in [5.74, 6) is 1.39. The van der Waals surface area contributed by atoms with Crippen LogP contribution in [0.1, 0.15) is 49.4 Å². The first kappa shape index (κ1) is 15.5. The highest BCUT2D eigenvalue weighted by atomic mass is 79.9. The zero-order valence-electron chi connectivity index (χ0n) is 12.0. The number of aryl methyl sites for hydroxylation is 1. The number of nitrogens with two attached hydrogens (primary N) is 1. The van der Waals surface area contributed by atoms with E-state index in [2.05, 4.69) is 49.7 Å². The second kappa shape index (κ2) is 6.58. The van der Waals surface area contributed by atoms with Crippen LogP contribution in [0.15, 0.2) is 10.5 Å². The topological polar surface area (TPSA) is 35.2 Å². The molecule has 0 amide bonds. The molecule has 0 spiro atoms. The first-order valence-electron chi connectivity index (χ1n) is 6.53. The van der Waals surface area contributed by atoms with E-state index in [0.717, 1.165) is 34.2 Å². The van der Waals surface area contributed by atoms with E-state index in [1.807, 2.05) is 0 Å². The third-order valence-electron chi connectivity index (χ3n) is 3.60. The summed E-state index contributed by atoms with van der Waals surface area (Å²) in [6, 6.07) is 2.12. The molecule has 0 aliphatic rings. The molecule has 0 aliphatic heterocycles. The average molecular weight is 314 g/mol. The lowest BCUT2D eigenvalue weighted by atomic mass is 9.87. The Morgan fingerprint density at radius 1 is 1.39 bits per heavy atom. The van der Waals surface area contributed by atoms with Gasteiger partial charge in [0.05, 0.1) is 7.11 Å². The number of halogens is 1. The van der Waals surface area contributed by atoms with E-state index in [4.69, 9.17) is 10.5 Å². The summed E-state index contributed by atoms with van der Waals surface area (Å²) in [4.78, 5) is 0. The highest BCUT2D eigenvalue weighted by Crippen LogP contribution is 2.38. The van der Waals surface area contributed by atoms with Gasteiger partial charge in [-0.15, -0.1) is 0 Å². The highest BCUT2D eigenvalue weighted by Gasteiger charge is 2.22. The van der Waals surface area contributed by atoms with Crippen molar-refractivity contribution in [2.45, 2.75) is 46.6 Å². The van der Waals surface area contributed by atoms with Crippen LogP contribution in [0.5, 0.6) is 5.75 Å². The van der Waals surface area contributed by atoms with Crippen molar-refractivity contribution in [3.05, 3.63) is 27.2 Å². The van der Waals surface area contributed by atoms with Gasteiger partial charge in [-0.05, 0) is 43.4 Å². The van der Waals surface area contributed by atoms with Gasteiger partial charge in [0, 0.05) is 16.1 Å². The minimum atomic E-state index is 0.0242. The summed E-state index contributed by atoms with van der Waals surface area (Å²) >= 11 is 3.61. The summed E-state index contributed by atoms with van der Waals surface area (Å²) in [7, 11) is 1.72. The molecule has 1 aromatic rings. The number of hydrogen-bond donors (Lipinski definition) is 1. The second-order valence-corrected chi connectivity index (χ2v) is 5.89. The van der Waals surface area contributed by atoms with Crippen molar-refractivity contribution < 1.29 is 4.74 Å². The van der Waals surface area contributed by atoms with Gasteiger partial charge < -0.3 is 10.5 Å². The van der Waals surface area contributed by atoms with Crippen LogP contribution >= 0.6 is 15.9 Å². The second-order valence-electron chi connectivity index (χ2n) is 5.04. The number of ether oxygens (including phenoxy) is 1. The molecule has 0 aromatic heterocycles. The van der Waals surface area contributed by atoms with Gasteiger partial charge >= 0.3 is 0 Å². The molecule has 2 nitrogen and oxygen atoms in total. The van der Waals surface area contributed by atoms with Gasteiger partial charge in [-0.1, -0.05) is 36.2 Å². The molecule has 18 heavy (non-hydrogen) atoms. The van der Waals surface area contributed by atoms with Gasteiger partial charge in [0.15, 0.2) is 0 Å². The fourth-order valence-electron chi connectivity index (χ4n) is 2.47. The summed E-state index contributed by atoms with van der Waals surface area (Å²) < 4.78 is 6.67. The fourth-order valence-corrected chi connectivity index (χ4v) is 3.02. The molecule has 0 heterocycles. The van der Waals surface area contributed by atoms with E-state index in [0.29, 0.717) is 5.92 Å². The largest absolute Gasteiger partial charge is 0.496 e. The smallest absolute Gasteiger partial charge is 0.126 e. The minimum absolute atomic E-state index is 0.0242. The van der Waals surface area contributed by atoms with Crippen molar-refractivity contribution in [1.82, 2.24) is 0 Å². The lowest BCUT2D eigenvalue weighted by Gasteiger charge is -2.25. The Balaban J connectivity index is 3.28. The zero-order valence-corrected chi connectivity index (χ0v) is 13.6. The maximum Gasteiger partial charge on any atom is 0.126 e. The molecule has 0 fully saturated rings. The quantitative estimate of drug-likeness (QED) is 0.868. The van der Waals surface area contributed by atoms with Crippen LogP contribution in [0.2, 0.25) is 0 Å². The van der Waals surface area contributed by atoms with E-state index in [9.17, 15) is 0 Å². The molecular weight excluding hydrogens is 290 g/mol. The van der Waals surface area contributed by atoms with Gasteiger partial charge in [-0.2, -0.15) is 0 Å². The fraction of sp³-hybridized carbons (Fsp3) is 0.600. The minimum Gasteiger partial charge on any atom is -0.496 e. The third kappa shape index (κ3) is 3.07. The molecule has 0 aliphatic carbocycles. The molecule has 2 atom stereocenters. The van der Waals surface area contributed by atoms with E-state index < -0.39 is 0 Å². The van der Waals surface area contributed by atoms with Crippen molar-refractivity contribution in [1.29, 1.82) is 0 Å². The van der Waals surface area contributed by atoms with Crippen LogP contribution in [0, 0.1) is 19.8 Å². The van der Waals surface area contributed by atoms with Gasteiger partial charge in [0.1, 0.15) is 5.75 Å². The van der Waals surface area contributed by atoms with Crippen molar-refractivity contribution >= 4 is 15.9 Å². The molecule has 2 unspecified atom stereocenters. The maximum absolute atomic E-state index is 6.44. The standard InChI is InChI=1S/C15H24BrNO/c1-6-7-9(2)14(17)13-11(4)12(16)8-10(3)15(13)18-5/h8-9,14H,6-7,17H2,1-5H3.